The van der Waals surface area contributed by atoms with Gasteiger partial charge in [0.25, 0.3) is 5.91 Å². The molecule has 2 amide bonds. The van der Waals surface area contributed by atoms with Gasteiger partial charge in [-0.2, -0.15) is 5.01 Å². The lowest BCUT2D eigenvalue weighted by molar-refractivity contribution is 0.0493. The number of cyclic esters (lactones) is 1. The minimum absolute atomic E-state index is 0.0227. The number of aldehydes is 1. The molecule has 150 valence electrons. The van der Waals surface area contributed by atoms with Crippen molar-refractivity contribution in [3.8, 4) is 0 Å². The monoisotopic (exact) mass is 385 g/mol. The molecule has 3 heterocycles. The van der Waals surface area contributed by atoms with Crippen LogP contribution in [0.3, 0.4) is 0 Å². The molecule has 0 radical (unpaired) electrons. The van der Waals surface area contributed by atoms with Crippen molar-refractivity contribution >= 4 is 18.3 Å². The predicted octanol–water partition coefficient (Wildman–Crippen LogP) is 2.97. The molecule has 2 unspecified atom stereocenters. The lowest BCUT2D eigenvalue weighted by atomic mass is 9.86. The molecule has 1 aromatic rings. The van der Waals surface area contributed by atoms with E-state index in [9.17, 15) is 14.4 Å². The number of nitrogens with zero attached hydrogens (tertiary/aromatic N) is 2. The van der Waals surface area contributed by atoms with Gasteiger partial charge < -0.3 is 4.74 Å². The molecule has 28 heavy (non-hydrogen) atoms. The molecule has 3 aliphatic heterocycles. The van der Waals surface area contributed by atoms with Crippen LogP contribution in [0.15, 0.2) is 24.3 Å². The van der Waals surface area contributed by atoms with Crippen molar-refractivity contribution in [1.29, 1.82) is 0 Å². The standard InChI is InChI=1S/C21H27N3O4/c1-4-5-6-11-16-21(18-20(2,3)13-28-19(27)23(18)21)24(16)22-17(26)15-10-8-7-9-14(15)12-25/h7-10,12,16,18H,4-6,11,13H2,1-3H3,(H,22,26)/t16-,18?,21-,23?,24?/m0/s1. The fourth-order valence-electron chi connectivity index (χ4n) is 4.89. The summed E-state index contributed by atoms with van der Waals surface area (Å²) in [5, 5.41) is 1.91. The Hall–Kier alpha value is -2.41. The van der Waals surface area contributed by atoms with Crippen LogP contribution < -0.4 is 5.43 Å². The van der Waals surface area contributed by atoms with Crippen molar-refractivity contribution in [3.05, 3.63) is 35.4 Å². The van der Waals surface area contributed by atoms with Crippen LogP contribution in [0.1, 0.15) is 67.2 Å². The summed E-state index contributed by atoms with van der Waals surface area (Å²) in [5.74, 6) is -0.323. The minimum Gasteiger partial charge on any atom is -0.449 e. The van der Waals surface area contributed by atoms with Crippen molar-refractivity contribution in [3.63, 3.8) is 0 Å². The van der Waals surface area contributed by atoms with Crippen LogP contribution in [0.5, 0.6) is 0 Å². The van der Waals surface area contributed by atoms with E-state index >= 15 is 0 Å². The Kier molecular flexibility index (Phi) is 4.45. The van der Waals surface area contributed by atoms with Gasteiger partial charge in [-0.05, 0) is 12.5 Å². The molecule has 3 aliphatic rings. The van der Waals surface area contributed by atoms with Gasteiger partial charge >= 0.3 is 6.09 Å². The zero-order chi connectivity index (χ0) is 20.1. The molecule has 0 aliphatic carbocycles. The third-order valence-electron chi connectivity index (χ3n) is 6.24. The Labute approximate surface area is 165 Å². The molecule has 1 aromatic carbocycles. The minimum atomic E-state index is -0.489. The molecule has 1 N–H and O–H groups in total. The number of hydrogen-bond donors (Lipinski definition) is 1. The summed E-state index contributed by atoms with van der Waals surface area (Å²) in [4.78, 5) is 38.3. The predicted molar refractivity (Wildman–Crippen MR) is 103 cm³/mol. The van der Waals surface area contributed by atoms with Crippen molar-refractivity contribution < 1.29 is 19.1 Å². The molecule has 7 heteroatoms. The summed E-state index contributed by atoms with van der Waals surface area (Å²) in [6.07, 6.45) is 4.54. The molecule has 0 saturated carbocycles. The van der Waals surface area contributed by atoms with Gasteiger partial charge in [0.15, 0.2) is 11.9 Å². The molecule has 4 rings (SSSR count). The van der Waals surface area contributed by atoms with E-state index in [1.54, 1.807) is 29.2 Å². The van der Waals surface area contributed by atoms with Crippen LogP contribution in [-0.4, -0.2) is 52.5 Å². The second kappa shape index (κ2) is 6.58. The topological polar surface area (TPSA) is 78.5 Å². The van der Waals surface area contributed by atoms with Gasteiger partial charge in [0.1, 0.15) is 6.61 Å². The number of rotatable bonds is 7. The molecule has 4 atom stereocenters. The number of nitrogens with one attached hydrogen (secondary N) is 1. The molecule has 7 nitrogen and oxygen atoms in total. The Bertz CT molecular complexity index is 824. The van der Waals surface area contributed by atoms with E-state index in [1.165, 1.54) is 0 Å². The average molecular weight is 385 g/mol. The Morgan fingerprint density at radius 1 is 1.32 bits per heavy atom. The highest BCUT2D eigenvalue weighted by Gasteiger charge is 2.89. The van der Waals surface area contributed by atoms with Gasteiger partial charge in [0, 0.05) is 11.0 Å². The van der Waals surface area contributed by atoms with Crippen molar-refractivity contribution in [2.45, 2.75) is 64.2 Å². The number of carbonyl (C=O) groups is 3. The average Bonchev–Trinajstić information content (AvgIpc) is 3.55. The maximum absolute atomic E-state index is 12.9. The molecule has 3 fully saturated rings. The van der Waals surface area contributed by atoms with E-state index < -0.39 is 5.66 Å². The normalized spacial score (nSPS) is 31.8. The first-order valence-electron chi connectivity index (χ1n) is 10.00. The van der Waals surface area contributed by atoms with Gasteiger partial charge in [-0.15, -0.1) is 0 Å². The molecule has 3 saturated heterocycles. The number of hydrogen-bond acceptors (Lipinski definition) is 5. The van der Waals surface area contributed by atoms with Crippen LogP contribution in [0, 0.1) is 5.41 Å². The highest BCUT2D eigenvalue weighted by molar-refractivity contribution is 6.01. The molecular weight excluding hydrogens is 358 g/mol. The van der Waals surface area contributed by atoms with Crippen LogP contribution in [-0.2, 0) is 4.74 Å². The lowest BCUT2D eigenvalue weighted by Gasteiger charge is -2.27. The zero-order valence-corrected chi connectivity index (χ0v) is 16.6. The number of carbonyl (C=O) groups excluding carboxylic acids is 3. The van der Waals surface area contributed by atoms with E-state index in [0.29, 0.717) is 24.0 Å². The zero-order valence-electron chi connectivity index (χ0n) is 16.6. The fraction of sp³-hybridized carbons (Fsp3) is 0.571. The first-order valence-corrected chi connectivity index (χ1v) is 10.00. The third kappa shape index (κ3) is 2.64. The Morgan fingerprint density at radius 3 is 2.75 bits per heavy atom. The summed E-state index contributed by atoms with van der Waals surface area (Å²) < 4.78 is 5.37. The number of hydrazine groups is 1. The third-order valence-corrected chi connectivity index (χ3v) is 6.24. The summed E-state index contributed by atoms with van der Waals surface area (Å²) in [6, 6.07) is 6.82. The maximum atomic E-state index is 12.9. The summed E-state index contributed by atoms with van der Waals surface area (Å²) in [7, 11) is 0. The van der Waals surface area contributed by atoms with Crippen molar-refractivity contribution in [1.82, 2.24) is 15.3 Å². The number of unbranched alkanes of at least 4 members (excludes halogenated alkanes) is 2. The lowest BCUT2D eigenvalue weighted by Crippen LogP contribution is -2.37. The second-order valence-electron chi connectivity index (χ2n) is 8.63. The van der Waals surface area contributed by atoms with Gasteiger partial charge in [-0.25, -0.2) is 4.79 Å². The Morgan fingerprint density at radius 2 is 2.07 bits per heavy atom. The first kappa shape index (κ1) is 18.9. The van der Waals surface area contributed by atoms with E-state index in [0.717, 1.165) is 25.7 Å². The van der Waals surface area contributed by atoms with Crippen molar-refractivity contribution in [2.75, 3.05) is 6.61 Å². The largest absolute Gasteiger partial charge is 0.449 e. The van der Waals surface area contributed by atoms with E-state index in [4.69, 9.17) is 4.74 Å². The fourth-order valence-corrected chi connectivity index (χ4v) is 4.89. The van der Waals surface area contributed by atoms with E-state index in [2.05, 4.69) is 26.2 Å². The Balaban J connectivity index is 1.57. The highest BCUT2D eigenvalue weighted by atomic mass is 16.6. The van der Waals surface area contributed by atoms with E-state index in [1.807, 2.05) is 5.01 Å². The molecular formula is C21H27N3O4. The number of ether oxygens (including phenoxy) is 1. The van der Waals surface area contributed by atoms with Gasteiger partial charge in [0.05, 0.1) is 17.6 Å². The van der Waals surface area contributed by atoms with Gasteiger partial charge in [-0.3, -0.25) is 19.9 Å². The summed E-state index contributed by atoms with van der Waals surface area (Å²) in [6.45, 7) is 6.72. The number of benzene rings is 1. The van der Waals surface area contributed by atoms with Crippen LogP contribution in [0.2, 0.25) is 0 Å². The second-order valence-corrected chi connectivity index (χ2v) is 8.63. The van der Waals surface area contributed by atoms with Crippen molar-refractivity contribution in [2.24, 2.45) is 5.41 Å². The SMILES string of the molecule is CCCCC[C@@H]1N(NC(=O)c2ccccc2C=O)[C@]12C1N2C(=O)OCC1(C)C. The van der Waals surface area contributed by atoms with E-state index in [-0.39, 0.29) is 29.5 Å². The van der Waals surface area contributed by atoms with Crippen LogP contribution in [0.25, 0.3) is 0 Å². The summed E-state index contributed by atoms with van der Waals surface area (Å²) >= 11 is 0. The summed E-state index contributed by atoms with van der Waals surface area (Å²) in [5.41, 5.74) is 3.00. The highest BCUT2D eigenvalue weighted by Crippen LogP contribution is 2.67. The van der Waals surface area contributed by atoms with Gasteiger partial charge in [-0.1, -0.05) is 58.2 Å². The number of fused-ring (bicyclic) bond motifs is 3. The number of amides is 2. The molecule has 0 aromatic heterocycles. The molecule has 0 bridgehead atoms. The first-order chi connectivity index (χ1) is 13.4. The maximum Gasteiger partial charge on any atom is 0.411 e. The quantitative estimate of drug-likeness (QED) is 0.444. The van der Waals surface area contributed by atoms with Gasteiger partial charge in [0.2, 0.25) is 0 Å². The van der Waals surface area contributed by atoms with Crippen LogP contribution in [0.4, 0.5) is 4.79 Å². The smallest absolute Gasteiger partial charge is 0.411 e. The van der Waals surface area contributed by atoms with Crippen LogP contribution >= 0.6 is 0 Å². The molecule has 1 spiro atoms.